The van der Waals surface area contributed by atoms with Crippen molar-refractivity contribution >= 4 is 11.6 Å². The first-order valence-corrected chi connectivity index (χ1v) is 9.50. The van der Waals surface area contributed by atoms with Crippen LogP contribution in [-0.4, -0.2) is 22.2 Å². The number of aryl methyl sites for hydroxylation is 2. The van der Waals surface area contributed by atoms with Crippen LogP contribution in [0.25, 0.3) is 11.1 Å². The molecule has 0 atom stereocenters. The number of carbonyl (C=O) groups is 1. The van der Waals surface area contributed by atoms with E-state index >= 15 is 0 Å². The van der Waals surface area contributed by atoms with Gasteiger partial charge < -0.3 is 10.6 Å². The Morgan fingerprint density at radius 3 is 2.81 bits per heavy atom. The third-order valence-electron chi connectivity index (χ3n) is 4.84. The molecule has 1 aliphatic heterocycles. The first-order chi connectivity index (χ1) is 13.3. The SMILES string of the molecule is O=C(CCc1cc2n(n1)CCCNC2)Nc1ccccc1-c1ccccc1. The van der Waals surface area contributed by atoms with Crippen molar-refractivity contribution in [3.63, 3.8) is 0 Å². The highest BCUT2D eigenvalue weighted by Crippen LogP contribution is 2.27. The average molecular weight is 360 g/mol. The van der Waals surface area contributed by atoms with Crippen LogP contribution in [0.3, 0.4) is 0 Å². The van der Waals surface area contributed by atoms with Gasteiger partial charge in [0, 0.05) is 37.2 Å². The summed E-state index contributed by atoms with van der Waals surface area (Å²) in [6, 6.07) is 20.1. The smallest absolute Gasteiger partial charge is 0.224 e. The van der Waals surface area contributed by atoms with Crippen LogP contribution in [0.1, 0.15) is 24.2 Å². The summed E-state index contributed by atoms with van der Waals surface area (Å²) in [5.41, 5.74) is 5.17. The fourth-order valence-electron chi connectivity index (χ4n) is 3.46. The fraction of sp³-hybridized carbons (Fsp3) is 0.273. The zero-order chi connectivity index (χ0) is 18.5. The number of carbonyl (C=O) groups excluding carboxylic acids is 1. The molecule has 0 unspecified atom stereocenters. The molecule has 1 aliphatic rings. The summed E-state index contributed by atoms with van der Waals surface area (Å²) < 4.78 is 2.07. The largest absolute Gasteiger partial charge is 0.326 e. The molecule has 0 saturated heterocycles. The highest BCUT2D eigenvalue weighted by Gasteiger charge is 2.13. The first-order valence-electron chi connectivity index (χ1n) is 9.50. The Morgan fingerprint density at radius 1 is 1.11 bits per heavy atom. The van der Waals surface area contributed by atoms with E-state index in [4.69, 9.17) is 0 Å². The molecule has 138 valence electrons. The lowest BCUT2D eigenvalue weighted by Crippen LogP contribution is -2.13. The number of rotatable bonds is 5. The van der Waals surface area contributed by atoms with Gasteiger partial charge in [-0.1, -0.05) is 48.5 Å². The van der Waals surface area contributed by atoms with Crippen molar-refractivity contribution in [3.8, 4) is 11.1 Å². The molecule has 0 radical (unpaired) electrons. The lowest BCUT2D eigenvalue weighted by molar-refractivity contribution is -0.116. The minimum Gasteiger partial charge on any atom is -0.326 e. The molecule has 0 spiro atoms. The van der Waals surface area contributed by atoms with Crippen LogP contribution in [0.4, 0.5) is 5.69 Å². The van der Waals surface area contributed by atoms with E-state index in [0.29, 0.717) is 12.8 Å². The van der Waals surface area contributed by atoms with Crippen molar-refractivity contribution in [3.05, 3.63) is 72.1 Å². The molecule has 2 N–H and O–H groups in total. The van der Waals surface area contributed by atoms with E-state index in [0.717, 1.165) is 48.6 Å². The number of para-hydroxylation sites is 1. The summed E-state index contributed by atoms with van der Waals surface area (Å²) in [6.07, 6.45) is 2.16. The number of hydrogen-bond donors (Lipinski definition) is 2. The number of fused-ring (bicyclic) bond motifs is 1. The van der Waals surface area contributed by atoms with Gasteiger partial charge in [0.15, 0.2) is 0 Å². The van der Waals surface area contributed by atoms with Gasteiger partial charge in [-0.3, -0.25) is 9.48 Å². The number of nitrogens with one attached hydrogen (secondary N) is 2. The Balaban J connectivity index is 1.41. The van der Waals surface area contributed by atoms with Crippen molar-refractivity contribution < 1.29 is 4.79 Å². The van der Waals surface area contributed by atoms with E-state index in [-0.39, 0.29) is 5.91 Å². The molecule has 0 bridgehead atoms. The highest BCUT2D eigenvalue weighted by atomic mass is 16.1. The second-order valence-electron chi connectivity index (χ2n) is 6.84. The van der Waals surface area contributed by atoms with Crippen molar-refractivity contribution in [2.75, 3.05) is 11.9 Å². The van der Waals surface area contributed by atoms with E-state index < -0.39 is 0 Å². The van der Waals surface area contributed by atoms with E-state index in [9.17, 15) is 4.79 Å². The second kappa shape index (κ2) is 8.18. The van der Waals surface area contributed by atoms with Crippen LogP contribution in [0.15, 0.2) is 60.7 Å². The fourth-order valence-corrected chi connectivity index (χ4v) is 3.46. The summed E-state index contributed by atoms with van der Waals surface area (Å²) in [5, 5.41) is 11.1. The van der Waals surface area contributed by atoms with Gasteiger partial charge in [-0.05, 0) is 30.7 Å². The predicted molar refractivity (Wildman–Crippen MR) is 107 cm³/mol. The molecule has 4 rings (SSSR count). The summed E-state index contributed by atoms with van der Waals surface area (Å²) in [4.78, 5) is 12.5. The molecule has 5 nitrogen and oxygen atoms in total. The van der Waals surface area contributed by atoms with Crippen LogP contribution in [0, 0.1) is 0 Å². The van der Waals surface area contributed by atoms with E-state index in [1.165, 1.54) is 5.69 Å². The maximum absolute atomic E-state index is 12.5. The normalized spacial score (nSPS) is 13.6. The van der Waals surface area contributed by atoms with E-state index in [1.807, 2.05) is 42.5 Å². The van der Waals surface area contributed by atoms with Gasteiger partial charge in [-0.25, -0.2) is 0 Å². The molecule has 0 aliphatic carbocycles. The maximum Gasteiger partial charge on any atom is 0.224 e. The Bertz CT molecular complexity index is 894. The van der Waals surface area contributed by atoms with Crippen LogP contribution in [0.2, 0.25) is 0 Å². The van der Waals surface area contributed by atoms with Gasteiger partial charge in [-0.2, -0.15) is 5.10 Å². The van der Waals surface area contributed by atoms with E-state index in [1.54, 1.807) is 0 Å². The minimum absolute atomic E-state index is 0.0136. The van der Waals surface area contributed by atoms with Gasteiger partial charge in [0.1, 0.15) is 0 Å². The molecule has 5 heteroatoms. The summed E-state index contributed by atoms with van der Waals surface area (Å²) in [6.45, 7) is 2.82. The molecular weight excluding hydrogens is 336 g/mol. The Kier molecular flexibility index (Phi) is 5.30. The molecule has 3 aromatic rings. The number of anilines is 1. The zero-order valence-electron chi connectivity index (χ0n) is 15.3. The summed E-state index contributed by atoms with van der Waals surface area (Å²) in [5.74, 6) is 0.0136. The van der Waals surface area contributed by atoms with Crippen LogP contribution in [0.5, 0.6) is 0 Å². The molecule has 0 saturated carbocycles. The van der Waals surface area contributed by atoms with E-state index in [2.05, 4.69) is 38.6 Å². The summed E-state index contributed by atoms with van der Waals surface area (Å²) in [7, 11) is 0. The zero-order valence-corrected chi connectivity index (χ0v) is 15.3. The van der Waals surface area contributed by atoms with Gasteiger partial charge in [0.25, 0.3) is 0 Å². The molecular formula is C22H24N4O. The summed E-state index contributed by atoms with van der Waals surface area (Å²) >= 11 is 0. The Morgan fingerprint density at radius 2 is 1.93 bits per heavy atom. The van der Waals surface area contributed by atoms with Crippen LogP contribution >= 0.6 is 0 Å². The van der Waals surface area contributed by atoms with Gasteiger partial charge in [-0.15, -0.1) is 0 Å². The molecule has 0 fully saturated rings. The topological polar surface area (TPSA) is 59.0 Å². The third-order valence-corrected chi connectivity index (χ3v) is 4.84. The average Bonchev–Trinajstić information content (AvgIpc) is 2.96. The number of amides is 1. The van der Waals surface area contributed by atoms with Crippen molar-refractivity contribution in [2.24, 2.45) is 0 Å². The van der Waals surface area contributed by atoms with Gasteiger partial charge >= 0.3 is 0 Å². The lowest BCUT2D eigenvalue weighted by Gasteiger charge is -2.11. The number of aromatic nitrogens is 2. The van der Waals surface area contributed by atoms with Crippen LogP contribution < -0.4 is 10.6 Å². The molecule has 2 heterocycles. The number of benzene rings is 2. The standard InChI is InChI=1S/C22H24N4O/c27-22(12-11-18-15-19-16-23-13-6-14-26(19)25-18)24-21-10-5-4-9-20(21)17-7-2-1-3-8-17/h1-5,7-10,15,23H,6,11-14,16H2,(H,24,27). The minimum atomic E-state index is 0.0136. The molecule has 27 heavy (non-hydrogen) atoms. The Hall–Kier alpha value is -2.92. The van der Waals surface area contributed by atoms with Crippen LogP contribution in [-0.2, 0) is 24.3 Å². The van der Waals surface area contributed by atoms with Crippen molar-refractivity contribution in [1.29, 1.82) is 0 Å². The second-order valence-corrected chi connectivity index (χ2v) is 6.84. The molecule has 1 aromatic heterocycles. The van der Waals surface area contributed by atoms with Crippen molar-refractivity contribution in [1.82, 2.24) is 15.1 Å². The van der Waals surface area contributed by atoms with Crippen molar-refractivity contribution in [2.45, 2.75) is 32.4 Å². The van der Waals surface area contributed by atoms with Gasteiger partial charge in [0.05, 0.1) is 11.4 Å². The highest BCUT2D eigenvalue weighted by molar-refractivity contribution is 5.95. The predicted octanol–water partition coefficient (Wildman–Crippen LogP) is 3.61. The number of nitrogens with zero attached hydrogens (tertiary/aromatic N) is 2. The quantitative estimate of drug-likeness (QED) is 0.731. The third kappa shape index (κ3) is 4.26. The Labute approximate surface area is 159 Å². The lowest BCUT2D eigenvalue weighted by atomic mass is 10.0. The molecule has 2 aromatic carbocycles. The maximum atomic E-state index is 12.5. The first kappa shape index (κ1) is 17.5. The van der Waals surface area contributed by atoms with Gasteiger partial charge in [0.2, 0.25) is 5.91 Å². The number of hydrogen-bond acceptors (Lipinski definition) is 3. The molecule has 1 amide bonds. The monoisotopic (exact) mass is 360 g/mol.